The maximum absolute atomic E-state index is 12.4. The maximum Gasteiger partial charge on any atom is 0.269 e. The average molecular weight is 334 g/mol. The number of nitro groups is 1. The third-order valence-electron chi connectivity index (χ3n) is 3.45. The number of carbonyl (C=O) groups is 1. The van der Waals surface area contributed by atoms with E-state index in [4.69, 9.17) is 4.74 Å². The van der Waals surface area contributed by atoms with Gasteiger partial charge in [-0.25, -0.2) is 0 Å². The van der Waals surface area contributed by atoms with E-state index in [0.29, 0.717) is 22.7 Å². The van der Waals surface area contributed by atoms with Crippen LogP contribution < -0.4 is 10.1 Å². The summed E-state index contributed by atoms with van der Waals surface area (Å²) < 4.78 is 5.79. The number of nitro benzene ring substituents is 1. The molecule has 0 aliphatic heterocycles. The van der Waals surface area contributed by atoms with Crippen molar-refractivity contribution in [3.05, 3.63) is 94.5 Å². The van der Waals surface area contributed by atoms with Crippen molar-refractivity contribution in [2.24, 2.45) is 0 Å². The second kappa shape index (κ2) is 7.27. The second-order valence-electron chi connectivity index (χ2n) is 5.17. The zero-order valence-electron chi connectivity index (χ0n) is 13.1. The number of anilines is 1. The Kier molecular flexibility index (Phi) is 4.71. The van der Waals surface area contributed by atoms with Crippen LogP contribution >= 0.6 is 0 Å². The number of hydrogen-bond acceptors (Lipinski definition) is 4. The molecule has 0 fully saturated rings. The molecule has 0 atom stereocenters. The van der Waals surface area contributed by atoms with E-state index in [1.807, 2.05) is 30.3 Å². The van der Waals surface area contributed by atoms with Gasteiger partial charge in [0.1, 0.15) is 5.75 Å². The SMILES string of the molecule is O=C(Nc1ccccc1Oc1ccccc1)c1ccc([N+](=O)[O-])cc1. The summed E-state index contributed by atoms with van der Waals surface area (Å²) >= 11 is 0. The van der Waals surface area contributed by atoms with Gasteiger partial charge in [-0.3, -0.25) is 14.9 Å². The standard InChI is InChI=1S/C19H14N2O4/c22-19(14-10-12-15(13-11-14)21(23)24)20-17-8-4-5-9-18(17)25-16-6-2-1-3-7-16/h1-13H,(H,20,22). The number of carbonyl (C=O) groups excluding carboxylic acids is 1. The molecular weight excluding hydrogens is 320 g/mol. The fourth-order valence-corrected chi connectivity index (χ4v) is 2.20. The van der Waals surface area contributed by atoms with Crippen LogP contribution in [-0.2, 0) is 0 Å². The van der Waals surface area contributed by atoms with Gasteiger partial charge in [-0.15, -0.1) is 0 Å². The van der Waals surface area contributed by atoms with E-state index in [-0.39, 0.29) is 11.6 Å². The Morgan fingerprint density at radius 2 is 1.52 bits per heavy atom. The molecule has 3 rings (SSSR count). The Balaban J connectivity index is 1.78. The Morgan fingerprint density at radius 3 is 2.20 bits per heavy atom. The summed E-state index contributed by atoms with van der Waals surface area (Å²) in [6, 6.07) is 21.7. The summed E-state index contributed by atoms with van der Waals surface area (Å²) in [4.78, 5) is 22.5. The molecule has 25 heavy (non-hydrogen) atoms. The minimum absolute atomic E-state index is 0.0654. The number of non-ortho nitro benzene ring substituents is 1. The van der Waals surface area contributed by atoms with E-state index in [9.17, 15) is 14.9 Å². The van der Waals surface area contributed by atoms with Crippen LogP contribution in [-0.4, -0.2) is 10.8 Å². The van der Waals surface area contributed by atoms with Gasteiger partial charge in [-0.2, -0.15) is 0 Å². The zero-order valence-corrected chi connectivity index (χ0v) is 13.1. The van der Waals surface area contributed by atoms with Gasteiger partial charge >= 0.3 is 0 Å². The topological polar surface area (TPSA) is 81.5 Å². The van der Waals surface area contributed by atoms with Crippen molar-refractivity contribution in [1.29, 1.82) is 0 Å². The van der Waals surface area contributed by atoms with Crippen molar-refractivity contribution in [3.8, 4) is 11.5 Å². The van der Waals surface area contributed by atoms with E-state index < -0.39 is 4.92 Å². The van der Waals surface area contributed by atoms with E-state index in [2.05, 4.69) is 5.32 Å². The van der Waals surface area contributed by atoms with Gasteiger partial charge in [0, 0.05) is 17.7 Å². The Bertz CT molecular complexity index is 893. The van der Waals surface area contributed by atoms with Crippen LogP contribution in [0.3, 0.4) is 0 Å². The van der Waals surface area contributed by atoms with Gasteiger partial charge < -0.3 is 10.1 Å². The molecule has 0 bridgehead atoms. The van der Waals surface area contributed by atoms with Gasteiger partial charge in [-0.1, -0.05) is 30.3 Å². The van der Waals surface area contributed by atoms with E-state index in [0.717, 1.165) is 0 Å². The molecule has 6 nitrogen and oxygen atoms in total. The molecule has 0 unspecified atom stereocenters. The lowest BCUT2D eigenvalue weighted by atomic mass is 10.2. The normalized spacial score (nSPS) is 10.1. The number of rotatable bonds is 5. The average Bonchev–Trinajstić information content (AvgIpc) is 2.64. The van der Waals surface area contributed by atoms with Gasteiger partial charge in [-0.05, 0) is 36.4 Å². The molecule has 0 aliphatic carbocycles. The highest BCUT2D eigenvalue weighted by atomic mass is 16.6. The lowest BCUT2D eigenvalue weighted by Crippen LogP contribution is -2.12. The highest BCUT2D eigenvalue weighted by Gasteiger charge is 2.12. The van der Waals surface area contributed by atoms with Gasteiger partial charge in [0.25, 0.3) is 11.6 Å². The first-order valence-corrected chi connectivity index (χ1v) is 7.51. The lowest BCUT2D eigenvalue weighted by molar-refractivity contribution is -0.384. The highest BCUT2D eigenvalue weighted by molar-refractivity contribution is 6.05. The number of nitrogens with one attached hydrogen (secondary N) is 1. The van der Waals surface area contributed by atoms with Crippen LogP contribution in [0.5, 0.6) is 11.5 Å². The monoisotopic (exact) mass is 334 g/mol. The number of ether oxygens (including phenoxy) is 1. The smallest absolute Gasteiger partial charge is 0.269 e. The van der Waals surface area contributed by atoms with Crippen molar-refractivity contribution in [3.63, 3.8) is 0 Å². The summed E-state index contributed by atoms with van der Waals surface area (Å²) in [6.07, 6.45) is 0. The largest absolute Gasteiger partial charge is 0.455 e. The minimum atomic E-state index is -0.509. The van der Waals surface area contributed by atoms with Crippen molar-refractivity contribution in [1.82, 2.24) is 0 Å². The number of para-hydroxylation sites is 3. The summed E-state index contributed by atoms with van der Waals surface area (Å²) in [5.41, 5.74) is 0.763. The lowest BCUT2D eigenvalue weighted by Gasteiger charge is -2.12. The summed E-state index contributed by atoms with van der Waals surface area (Å²) in [7, 11) is 0. The number of amides is 1. The van der Waals surface area contributed by atoms with Crippen molar-refractivity contribution < 1.29 is 14.5 Å². The summed E-state index contributed by atoms with van der Waals surface area (Å²) in [5, 5.41) is 13.4. The van der Waals surface area contributed by atoms with Crippen LogP contribution in [0.4, 0.5) is 11.4 Å². The third-order valence-corrected chi connectivity index (χ3v) is 3.45. The van der Waals surface area contributed by atoms with Gasteiger partial charge in [0.2, 0.25) is 0 Å². The molecule has 6 heteroatoms. The Morgan fingerprint density at radius 1 is 0.880 bits per heavy atom. The molecule has 0 saturated carbocycles. The zero-order chi connectivity index (χ0) is 17.6. The molecule has 0 aliphatic rings. The van der Waals surface area contributed by atoms with E-state index >= 15 is 0 Å². The van der Waals surface area contributed by atoms with Crippen molar-refractivity contribution in [2.45, 2.75) is 0 Å². The molecule has 0 saturated heterocycles. The molecule has 3 aromatic rings. The van der Waals surface area contributed by atoms with Crippen molar-refractivity contribution in [2.75, 3.05) is 5.32 Å². The predicted octanol–water partition coefficient (Wildman–Crippen LogP) is 4.64. The van der Waals surface area contributed by atoms with Crippen molar-refractivity contribution >= 4 is 17.3 Å². The molecule has 0 aromatic heterocycles. The predicted molar refractivity (Wildman–Crippen MR) is 94.0 cm³/mol. The fraction of sp³-hybridized carbons (Fsp3) is 0. The third kappa shape index (κ3) is 4.00. The first-order chi connectivity index (χ1) is 12.1. The van der Waals surface area contributed by atoms with Crippen LogP contribution in [0, 0.1) is 10.1 Å². The first kappa shape index (κ1) is 16.2. The summed E-state index contributed by atoms with van der Waals surface area (Å²) in [5.74, 6) is 0.780. The van der Waals surface area contributed by atoms with Crippen LogP contribution in [0.2, 0.25) is 0 Å². The highest BCUT2D eigenvalue weighted by Crippen LogP contribution is 2.29. The van der Waals surface area contributed by atoms with E-state index in [1.54, 1.807) is 24.3 Å². The molecule has 1 amide bonds. The fourth-order valence-electron chi connectivity index (χ4n) is 2.20. The molecule has 1 N–H and O–H groups in total. The van der Waals surface area contributed by atoms with E-state index in [1.165, 1.54) is 24.3 Å². The molecule has 0 radical (unpaired) electrons. The summed E-state index contributed by atoms with van der Waals surface area (Å²) in [6.45, 7) is 0. The Hall–Kier alpha value is -3.67. The second-order valence-corrected chi connectivity index (χ2v) is 5.17. The van der Waals surface area contributed by atoms with Gasteiger partial charge in [0.05, 0.1) is 10.6 Å². The molecule has 3 aromatic carbocycles. The number of nitrogens with zero attached hydrogens (tertiary/aromatic N) is 1. The minimum Gasteiger partial charge on any atom is -0.455 e. The quantitative estimate of drug-likeness (QED) is 0.544. The Labute approximate surface area is 143 Å². The number of benzene rings is 3. The van der Waals surface area contributed by atoms with Crippen LogP contribution in [0.15, 0.2) is 78.9 Å². The maximum atomic E-state index is 12.4. The van der Waals surface area contributed by atoms with Crippen LogP contribution in [0.25, 0.3) is 0 Å². The number of hydrogen-bond donors (Lipinski definition) is 1. The molecule has 124 valence electrons. The van der Waals surface area contributed by atoms with Crippen LogP contribution in [0.1, 0.15) is 10.4 Å². The first-order valence-electron chi connectivity index (χ1n) is 7.51. The molecule has 0 spiro atoms. The van der Waals surface area contributed by atoms with Gasteiger partial charge in [0.15, 0.2) is 5.75 Å². The molecule has 0 heterocycles. The molecular formula is C19H14N2O4.